The minimum atomic E-state index is -1.10. The van der Waals surface area contributed by atoms with E-state index < -0.39 is 11.0 Å². The first-order valence-corrected chi connectivity index (χ1v) is 10.8. The Balaban J connectivity index is 1.58. The number of aromatic nitrogens is 2. The maximum absolute atomic E-state index is 13.2. The average Bonchev–Trinajstić information content (AvgIpc) is 3.32. The van der Waals surface area contributed by atoms with Crippen molar-refractivity contribution >= 4 is 23.5 Å². The van der Waals surface area contributed by atoms with E-state index in [0.717, 1.165) is 32.1 Å². The van der Waals surface area contributed by atoms with E-state index in [-0.39, 0.29) is 17.7 Å². The molecule has 1 saturated heterocycles. The molecule has 0 radical (unpaired) electrons. The Bertz CT molecular complexity index is 979. The molecule has 2 aliphatic heterocycles. The van der Waals surface area contributed by atoms with E-state index in [1.807, 2.05) is 18.2 Å². The van der Waals surface area contributed by atoms with Crippen LogP contribution in [0.15, 0.2) is 30.6 Å². The van der Waals surface area contributed by atoms with Crippen molar-refractivity contribution in [2.24, 2.45) is 5.92 Å². The number of fused-ring (bicyclic) bond motifs is 5. The summed E-state index contributed by atoms with van der Waals surface area (Å²) in [4.78, 5) is 31.3. The normalized spacial score (nSPS) is 28.3. The van der Waals surface area contributed by atoms with Crippen LogP contribution in [0.4, 0.5) is 0 Å². The Hall–Kier alpha value is -2.34. The van der Waals surface area contributed by atoms with Crippen molar-refractivity contribution in [2.45, 2.75) is 56.6 Å². The van der Waals surface area contributed by atoms with Crippen LogP contribution < -0.4 is 0 Å². The molecule has 3 heterocycles. The number of hydrogen-bond donors (Lipinski definition) is 0. The number of halogens is 1. The van der Waals surface area contributed by atoms with Gasteiger partial charge in [0.15, 0.2) is 10.7 Å². The molecule has 1 atom stereocenters. The van der Waals surface area contributed by atoms with Crippen LogP contribution in [0.25, 0.3) is 5.69 Å². The number of carbonyl (C=O) groups excluding carboxylic acids is 2. The maximum atomic E-state index is 13.2. The van der Waals surface area contributed by atoms with Crippen molar-refractivity contribution in [1.82, 2.24) is 14.5 Å². The number of amides is 1. The van der Waals surface area contributed by atoms with Gasteiger partial charge in [-0.1, -0.05) is 30.7 Å². The van der Waals surface area contributed by atoms with E-state index >= 15 is 0 Å². The molecule has 1 saturated carbocycles. The first-order chi connectivity index (χ1) is 14.0. The van der Waals surface area contributed by atoms with Crippen molar-refractivity contribution in [3.8, 4) is 5.69 Å². The third-order valence-electron chi connectivity index (χ3n) is 6.52. The summed E-state index contributed by atoms with van der Waals surface area (Å²) in [6.07, 6.45) is 6.74. The number of carbonyl (C=O) groups is 2. The quantitative estimate of drug-likeness (QED) is 0.419. The Morgan fingerprint density at radius 1 is 1.24 bits per heavy atom. The monoisotopic (exact) mass is 413 g/mol. The fourth-order valence-electron chi connectivity index (χ4n) is 4.90. The molecule has 1 amide bonds. The van der Waals surface area contributed by atoms with Gasteiger partial charge in [0.2, 0.25) is 0 Å². The number of rotatable bonds is 2. The molecule has 152 valence electrons. The highest BCUT2D eigenvalue weighted by atomic mass is 35.5. The first kappa shape index (κ1) is 18.7. The number of imidazole rings is 1. The Kier molecular flexibility index (Phi) is 4.42. The Morgan fingerprint density at radius 3 is 2.79 bits per heavy atom. The second kappa shape index (κ2) is 6.87. The van der Waals surface area contributed by atoms with Crippen molar-refractivity contribution in [3.63, 3.8) is 0 Å². The maximum Gasteiger partial charge on any atom is 0.359 e. The van der Waals surface area contributed by atoms with Gasteiger partial charge in [-0.2, -0.15) is 0 Å². The molecule has 0 spiro atoms. The van der Waals surface area contributed by atoms with Crippen LogP contribution in [0.1, 0.15) is 72.0 Å². The summed E-state index contributed by atoms with van der Waals surface area (Å²) in [6, 6.07) is 7.36. The lowest BCUT2D eigenvalue weighted by Gasteiger charge is -2.32. The number of esters is 1. The molecule has 5 rings (SSSR count). The lowest BCUT2D eigenvalue weighted by atomic mass is 9.89. The molecule has 6 nitrogen and oxygen atoms in total. The second-order valence-corrected chi connectivity index (χ2v) is 9.06. The fraction of sp³-hybridized carbons (Fsp3) is 0.500. The summed E-state index contributed by atoms with van der Waals surface area (Å²) >= 11 is 7.08. The average molecular weight is 414 g/mol. The summed E-state index contributed by atoms with van der Waals surface area (Å²) in [5.41, 5.74) is 2.02. The number of ether oxygens (including phenoxy) is 1. The molecule has 2 fully saturated rings. The molecule has 1 aromatic heterocycles. The van der Waals surface area contributed by atoms with Gasteiger partial charge in [-0.25, -0.2) is 9.78 Å². The third-order valence-corrected chi connectivity index (χ3v) is 7.09. The van der Waals surface area contributed by atoms with Crippen LogP contribution in [0, 0.1) is 5.92 Å². The number of para-hydroxylation sites is 1. The summed E-state index contributed by atoms with van der Waals surface area (Å²) in [7, 11) is 0. The van der Waals surface area contributed by atoms with Gasteiger partial charge in [-0.15, -0.1) is 0 Å². The summed E-state index contributed by atoms with van der Waals surface area (Å²) in [6.45, 7) is 2.78. The predicted octanol–water partition coefficient (Wildman–Crippen LogP) is 4.25. The first-order valence-electron chi connectivity index (χ1n) is 10.4. The summed E-state index contributed by atoms with van der Waals surface area (Å²) in [5.74, 6) is 0.115. The van der Waals surface area contributed by atoms with Gasteiger partial charge in [0, 0.05) is 6.54 Å². The minimum absolute atomic E-state index is 0.0818. The van der Waals surface area contributed by atoms with Crippen LogP contribution in [-0.2, 0) is 9.73 Å². The molecule has 7 heteroatoms. The van der Waals surface area contributed by atoms with Crippen LogP contribution in [0.2, 0.25) is 0 Å². The smallest absolute Gasteiger partial charge is 0.359 e. The summed E-state index contributed by atoms with van der Waals surface area (Å²) in [5, 5.41) is 0. The van der Waals surface area contributed by atoms with Crippen molar-refractivity contribution in [1.29, 1.82) is 0 Å². The van der Waals surface area contributed by atoms with Crippen LogP contribution in [0.3, 0.4) is 0 Å². The lowest BCUT2D eigenvalue weighted by Crippen LogP contribution is -2.41. The predicted molar refractivity (Wildman–Crippen MR) is 108 cm³/mol. The highest BCUT2D eigenvalue weighted by molar-refractivity contribution is 6.26. The van der Waals surface area contributed by atoms with Crippen molar-refractivity contribution in [3.05, 3.63) is 47.5 Å². The zero-order chi connectivity index (χ0) is 20.2. The summed E-state index contributed by atoms with van der Waals surface area (Å²) < 4.78 is 7.62. The Labute approximate surface area is 174 Å². The SMILES string of the molecule is CC1CCC(OC(=O)c2ncn3c2[C@@]2(Cl)CCCN2C(=O)c2ccccc2-3)CC1. The fourth-order valence-corrected chi connectivity index (χ4v) is 5.38. The molecular formula is C22H24ClN3O3. The molecule has 0 N–H and O–H groups in total. The van der Waals surface area contributed by atoms with Crippen molar-refractivity contribution < 1.29 is 14.3 Å². The lowest BCUT2D eigenvalue weighted by molar-refractivity contribution is 0.0162. The highest BCUT2D eigenvalue weighted by Crippen LogP contribution is 2.47. The minimum Gasteiger partial charge on any atom is -0.458 e. The standard InChI is InChI=1S/C22H24ClN3O3/c1-14-7-9-15(10-8-14)29-21(28)18-19-22(23)11-4-12-26(22)20(27)16-5-2-3-6-17(16)25(19)13-24-18/h2-3,5-6,13-15H,4,7-12H2,1H3/t14?,15?,22-/m1/s1. The van der Waals surface area contributed by atoms with Crippen LogP contribution in [0.5, 0.6) is 0 Å². The van der Waals surface area contributed by atoms with Crippen LogP contribution >= 0.6 is 11.6 Å². The van der Waals surface area contributed by atoms with Gasteiger partial charge in [-0.05, 0) is 56.6 Å². The molecule has 3 aliphatic rings. The van der Waals surface area contributed by atoms with E-state index in [0.29, 0.717) is 35.8 Å². The van der Waals surface area contributed by atoms with Gasteiger partial charge < -0.3 is 9.64 Å². The number of alkyl halides is 1. The van der Waals surface area contributed by atoms with Gasteiger partial charge >= 0.3 is 5.97 Å². The van der Waals surface area contributed by atoms with E-state index in [2.05, 4.69) is 11.9 Å². The van der Waals surface area contributed by atoms with E-state index in [4.69, 9.17) is 16.3 Å². The van der Waals surface area contributed by atoms with Gasteiger partial charge in [-0.3, -0.25) is 9.36 Å². The number of benzene rings is 1. The number of nitrogens with zero attached hydrogens (tertiary/aromatic N) is 3. The third kappa shape index (κ3) is 2.88. The molecular weight excluding hydrogens is 390 g/mol. The molecule has 0 unspecified atom stereocenters. The van der Waals surface area contributed by atoms with Crippen molar-refractivity contribution in [2.75, 3.05) is 6.54 Å². The number of hydrogen-bond acceptors (Lipinski definition) is 4. The van der Waals surface area contributed by atoms with Gasteiger partial charge in [0.05, 0.1) is 16.9 Å². The van der Waals surface area contributed by atoms with Crippen LogP contribution in [-0.4, -0.2) is 39.0 Å². The molecule has 1 aliphatic carbocycles. The topological polar surface area (TPSA) is 64.4 Å². The molecule has 29 heavy (non-hydrogen) atoms. The zero-order valence-corrected chi connectivity index (χ0v) is 17.2. The van der Waals surface area contributed by atoms with E-state index in [1.165, 1.54) is 0 Å². The molecule has 2 aromatic rings. The van der Waals surface area contributed by atoms with Gasteiger partial charge in [0.1, 0.15) is 12.4 Å². The van der Waals surface area contributed by atoms with E-state index in [9.17, 15) is 9.59 Å². The second-order valence-electron chi connectivity index (χ2n) is 8.44. The zero-order valence-electron chi connectivity index (χ0n) is 16.4. The van der Waals surface area contributed by atoms with E-state index in [1.54, 1.807) is 21.9 Å². The molecule has 1 aromatic carbocycles. The van der Waals surface area contributed by atoms with Gasteiger partial charge in [0.25, 0.3) is 5.91 Å². The Morgan fingerprint density at radius 2 is 2.00 bits per heavy atom. The molecule has 0 bridgehead atoms. The largest absolute Gasteiger partial charge is 0.458 e. The highest BCUT2D eigenvalue weighted by Gasteiger charge is 2.51.